The van der Waals surface area contributed by atoms with Crippen LogP contribution in [-0.2, 0) is 14.3 Å². The Bertz CT molecular complexity index is 340. The lowest BCUT2D eigenvalue weighted by molar-refractivity contribution is -0.156. The van der Waals surface area contributed by atoms with Crippen LogP contribution in [-0.4, -0.2) is 23.1 Å². The van der Waals surface area contributed by atoms with Crippen LogP contribution in [0.15, 0.2) is 12.7 Å². The molecule has 1 aliphatic rings. The lowest BCUT2D eigenvalue weighted by atomic mass is 9.79. The second-order valence-electron chi connectivity index (χ2n) is 6.01. The topological polar surface area (TPSA) is 63.6 Å². The number of allylic oxidation sites excluding steroid dienone is 1. The number of carbonyl (C=O) groups is 2. The molecule has 18 heavy (non-hydrogen) atoms. The van der Waals surface area contributed by atoms with Crippen molar-refractivity contribution >= 4 is 11.9 Å². The molecule has 3 atom stereocenters. The number of carboxylic acid groups (broad SMARTS) is 1. The van der Waals surface area contributed by atoms with Crippen LogP contribution < -0.4 is 0 Å². The standard InChI is InChI=1S/C14H22O4/c1-5-6-9-7-11(9)18-12(15)8-10(13(16)17)14(2,3)4/h5,9-11H,1,6-8H2,2-4H3,(H,16,17)/t9-,10-,11-/m1/s1. The third kappa shape index (κ3) is 4.17. The Morgan fingerprint density at radius 1 is 1.50 bits per heavy atom. The highest BCUT2D eigenvalue weighted by Crippen LogP contribution is 2.38. The minimum atomic E-state index is -0.946. The number of hydrogen-bond donors (Lipinski definition) is 1. The average molecular weight is 254 g/mol. The maximum absolute atomic E-state index is 11.7. The second kappa shape index (κ2) is 5.55. The molecule has 0 aliphatic heterocycles. The van der Waals surface area contributed by atoms with E-state index < -0.39 is 23.3 Å². The molecule has 4 heteroatoms. The van der Waals surface area contributed by atoms with Crippen LogP contribution in [0.5, 0.6) is 0 Å². The largest absolute Gasteiger partial charge is 0.481 e. The van der Waals surface area contributed by atoms with Crippen molar-refractivity contribution in [2.45, 2.75) is 46.1 Å². The van der Waals surface area contributed by atoms with Gasteiger partial charge in [-0.3, -0.25) is 9.59 Å². The van der Waals surface area contributed by atoms with Crippen molar-refractivity contribution in [3.8, 4) is 0 Å². The van der Waals surface area contributed by atoms with Gasteiger partial charge in [0.1, 0.15) is 6.10 Å². The van der Waals surface area contributed by atoms with Crippen molar-refractivity contribution in [3.05, 3.63) is 12.7 Å². The van der Waals surface area contributed by atoms with Crippen LogP contribution in [0.1, 0.15) is 40.0 Å². The van der Waals surface area contributed by atoms with Gasteiger partial charge in [-0.05, 0) is 18.3 Å². The van der Waals surface area contributed by atoms with Gasteiger partial charge in [-0.1, -0.05) is 26.8 Å². The molecule has 1 N–H and O–H groups in total. The van der Waals surface area contributed by atoms with Crippen molar-refractivity contribution in [1.82, 2.24) is 0 Å². The fourth-order valence-corrected chi connectivity index (χ4v) is 1.97. The third-order valence-electron chi connectivity index (χ3n) is 3.32. The normalized spacial score (nSPS) is 24.2. The average Bonchev–Trinajstić information content (AvgIpc) is 2.91. The number of aliphatic carboxylic acids is 1. The molecule has 1 aliphatic carbocycles. The van der Waals surface area contributed by atoms with E-state index in [9.17, 15) is 9.59 Å². The van der Waals surface area contributed by atoms with Crippen LogP contribution in [0, 0.1) is 17.3 Å². The van der Waals surface area contributed by atoms with Gasteiger partial charge in [0.05, 0.1) is 12.3 Å². The fraction of sp³-hybridized carbons (Fsp3) is 0.714. The quantitative estimate of drug-likeness (QED) is 0.584. The van der Waals surface area contributed by atoms with Crippen LogP contribution in [0.3, 0.4) is 0 Å². The van der Waals surface area contributed by atoms with E-state index in [2.05, 4.69) is 6.58 Å². The number of carboxylic acids is 1. The Labute approximate surface area is 108 Å². The fourth-order valence-electron chi connectivity index (χ4n) is 1.97. The highest BCUT2D eigenvalue weighted by molar-refractivity contribution is 5.79. The van der Waals surface area contributed by atoms with Crippen molar-refractivity contribution < 1.29 is 19.4 Å². The Morgan fingerprint density at radius 3 is 2.56 bits per heavy atom. The van der Waals surface area contributed by atoms with E-state index in [1.165, 1.54) is 0 Å². The molecule has 0 bridgehead atoms. The summed E-state index contributed by atoms with van der Waals surface area (Å²) in [5.74, 6) is -1.68. The molecular formula is C14H22O4. The van der Waals surface area contributed by atoms with Gasteiger partial charge in [0.15, 0.2) is 0 Å². The molecule has 4 nitrogen and oxygen atoms in total. The molecule has 1 saturated carbocycles. The van der Waals surface area contributed by atoms with Crippen molar-refractivity contribution in [3.63, 3.8) is 0 Å². The predicted octanol–water partition coefficient (Wildman–Crippen LogP) is 2.63. The van der Waals surface area contributed by atoms with E-state index in [1.54, 1.807) is 0 Å². The summed E-state index contributed by atoms with van der Waals surface area (Å²) in [7, 11) is 0. The maximum atomic E-state index is 11.7. The molecule has 0 aromatic heterocycles. The third-order valence-corrected chi connectivity index (χ3v) is 3.32. The first-order valence-corrected chi connectivity index (χ1v) is 6.29. The van der Waals surface area contributed by atoms with Crippen LogP contribution in [0.4, 0.5) is 0 Å². The summed E-state index contributed by atoms with van der Waals surface area (Å²) in [4.78, 5) is 22.8. The summed E-state index contributed by atoms with van der Waals surface area (Å²) >= 11 is 0. The van der Waals surface area contributed by atoms with E-state index in [0.717, 1.165) is 12.8 Å². The Morgan fingerprint density at radius 2 is 2.11 bits per heavy atom. The van der Waals surface area contributed by atoms with E-state index in [-0.39, 0.29) is 12.5 Å². The second-order valence-corrected chi connectivity index (χ2v) is 6.01. The zero-order valence-corrected chi connectivity index (χ0v) is 11.3. The summed E-state index contributed by atoms with van der Waals surface area (Å²) in [6.45, 7) is 9.09. The van der Waals surface area contributed by atoms with Gasteiger partial charge in [-0.2, -0.15) is 0 Å². The number of esters is 1. The first-order valence-electron chi connectivity index (χ1n) is 6.29. The van der Waals surface area contributed by atoms with Crippen LogP contribution in [0.25, 0.3) is 0 Å². The van der Waals surface area contributed by atoms with E-state index >= 15 is 0 Å². The summed E-state index contributed by atoms with van der Waals surface area (Å²) < 4.78 is 5.25. The van der Waals surface area contributed by atoms with E-state index in [0.29, 0.717) is 5.92 Å². The monoisotopic (exact) mass is 254 g/mol. The van der Waals surface area contributed by atoms with Gasteiger partial charge >= 0.3 is 11.9 Å². The minimum Gasteiger partial charge on any atom is -0.481 e. The van der Waals surface area contributed by atoms with Gasteiger partial charge in [0.2, 0.25) is 0 Å². The smallest absolute Gasteiger partial charge is 0.307 e. The van der Waals surface area contributed by atoms with E-state index in [4.69, 9.17) is 9.84 Å². The van der Waals surface area contributed by atoms with Crippen LogP contribution in [0.2, 0.25) is 0 Å². The molecule has 0 radical (unpaired) electrons. The molecule has 1 rings (SSSR count). The summed E-state index contributed by atoms with van der Waals surface area (Å²) in [6, 6.07) is 0. The SMILES string of the molecule is C=CC[C@@H]1C[C@H]1OC(=O)C[C@H](C(=O)O)C(C)(C)C. The van der Waals surface area contributed by atoms with E-state index in [1.807, 2.05) is 26.8 Å². The van der Waals surface area contributed by atoms with Crippen molar-refractivity contribution in [2.75, 3.05) is 0 Å². The molecule has 0 amide bonds. The number of carbonyl (C=O) groups excluding carboxylic acids is 1. The van der Waals surface area contributed by atoms with Gasteiger partial charge in [0, 0.05) is 5.92 Å². The van der Waals surface area contributed by atoms with Crippen molar-refractivity contribution in [2.24, 2.45) is 17.3 Å². The zero-order valence-electron chi connectivity index (χ0n) is 11.3. The molecule has 0 aromatic rings. The first kappa shape index (κ1) is 14.7. The minimum absolute atomic E-state index is 0.0371. The summed E-state index contributed by atoms with van der Waals surface area (Å²) in [5, 5.41) is 9.12. The molecule has 0 heterocycles. The van der Waals surface area contributed by atoms with Crippen LogP contribution >= 0.6 is 0 Å². The molecule has 0 unspecified atom stereocenters. The Hall–Kier alpha value is -1.32. The lowest BCUT2D eigenvalue weighted by Gasteiger charge is -2.26. The highest BCUT2D eigenvalue weighted by Gasteiger charge is 2.41. The van der Waals surface area contributed by atoms with Gasteiger partial charge in [0.25, 0.3) is 0 Å². The van der Waals surface area contributed by atoms with Gasteiger partial charge < -0.3 is 9.84 Å². The molecule has 0 saturated heterocycles. The van der Waals surface area contributed by atoms with Gasteiger partial charge in [-0.25, -0.2) is 0 Å². The molecule has 102 valence electrons. The van der Waals surface area contributed by atoms with Crippen molar-refractivity contribution in [1.29, 1.82) is 0 Å². The predicted molar refractivity (Wildman–Crippen MR) is 68.0 cm³/mol. The Kier molecular flexibility index (Phi) is 4.54. The number of hydrogen-bond acceptors (Lipinski definition) is 3. The molecule has 1 fully saturated rings. The maximum Gasteiger partial charge on any atom is 0.307 e. The lowest BCUT2D eigenvalue weighted by Crippen LogP contribution is -2.31. The van der Waals surface area contributed by atoms with Gasteiger partial charge in [-0.15, -0.1) is 6.58 Å². The highest BCUT2D eigenvalue weighted by atomic mass is 16.5. The Balaban J connectivity index is 2.44. The molecule has 0 aromatic carbocycles. The summed E-state index contributed by atoms with van der Waals surface area (Å²) in [6.07, 6.45) is 3.43. The number of ether oxygens (including phenoxy) is 1. The summed E-state index contributed by atoms with van der Waals surface area (Å²) in [5.41, 5.74) is -0.449. The molecular weight excluding hydrogens is 232 g/mol. The number of rotatable bonds is 6. The first-order chi connectivity index (χ1) is 8.25. The zero-order chi connectivity index (χ0) is 13.9. The molecule has 0 spiro atoms.